The van der Waals surface area contributed by atoms with Crippen LogP contribution in [0, 0.1) is 11.8 Å². The molecule has 0 bridgehead atoms. The second kappa shape index (κ2) is 5.64. The Hall–Kier alpha value is -0.0400. The monoisotopic (exact) mass is 183 g/mol. The minimum absolute atomic E-state index is 0.853. The molecule has 0 aliphatic heterocycles. The maximum atomic E-state index is 2.49. The topological polar surface area (TPSA) is 3.24 Å². The molecule has 0 spiro atoms. The summed E-state index contributed by atoms with van der Waals surface area (Å²) in [5.74, 6) is 1.96. The number of nitrogens with zero attached hydrogens (tertiary/aromatic N) is 1. The Morgan fingerprint density at radius 2 is 1.92 bits per heavy atom. The summed E-state index contributed by atoms with van der Waals surface area (Å²) in [5, 5.41) is 0. The minimum Gasteiger partial charge on any atom is -0.306 e. The average molecular weight is 183 g/mol. The van der Waals surface area contributed by atoms with Gasteiger partial charge < -0.3 is 4.90 Å². The molecule has 0 aromatic rings. The van der Waals surface area contributed by atoms with Crippen molar-refractivity contribution in [3.8, 4) is 0 Å². The predicted molar refractivity (Wildman–Crippen MR) is 58.9 cm³/mol. The molecule has 0 radical (unpaired) electrons. The maximum absolute atomic E-state index is 2.49. The first-order valence-corrected chi connectivity index (χ1v) is 5.87. The summed E-state index contributed by atoms with van der Waals surface area (Å²) in [5.41, 5.74) is 0. The van der Waals surface area contributed by atoms with Crippen molar-refractivity contribution in [2.75, 3.05) is 20.1 Å². The molecule has 13 heavy (non-hydrogen) atoms. The fourth-order valence-electron chi connectivity index (χ4n) is 1.65. The SMILES string of the molecule is CC(C)CCN(C)CCCC1CC1. The van der Waals surface area contributed by atoms with Crippen molar-refractivity contribution in [1.82, 2.24) is 4.90 Å². The first-order chi connectivity index (χ1) is 6.18. The van der Waals surface area contributed by atoms with E-state index < -0.39 is 0 Å². The molecule has 0 heterocycles. The van der Waals surface area contributed by atoms with Gasteiger partial charge in [0.05, 0.1) is 0 Å². The van der Waals surface area contributed by atoms with Crippen molar-refractivity contribution in [3.05, 3.63) is 0 Å². The number of rotatable bonds is 7. The van der Waals surface area contributed by atoms with Crippen LogP contribution in [-0.2, 0) is 0 Å². The average Bonchev–Trinajstić information content (AvgIpc) is 2.84. The highest BCUT2D eigenvalue weighted by atomic mass is 15.1. The van der Waals surface area contributed by atoms with Gasteiger partial charge in [0.15, 0.2) is 0 Å². The van der Waals surface area contributed by atoms with E-state index in [2.05, 4.69) is 25.8 Å². The van der Waals surface area contributed by atoms with Crippen molar-refractivity contribution in [2.45, 2.75) is 46.0 Å². The van der Waals surface area contributed by atoms with Crippen molar-refractivity contribution >= 4 is 0 Å². The fourth-order valence-corrected chi connectivity index (χ4v) is 1.65. The van der Waals surface area contributed by atoms with Gasteiger partial charge in [0.2, 0.25) is 0 Å². The summed E-state index contributed by atoms with van der Waals surface area (Å²) < 4.78 is 0. The Balaban J connectivity index is 1.87. The van der Waals surface area contributed by atoms with Crippen LogP contribution in [0.5, 0.6) is 0 Å². The zero-order valence-electron chi connectivity index (χ0n) is 9.55. The van der Waals surface area contributed by atoms with Crippen molar-refractivity contribution in [3.63, 3.8) is 0 Å². The van der Waals surface area contributed by atoms with E-state index in [1.807, 2.05) is 0 Å². The highest BCUT2D eigenvalue weighted by molar-refractivity contribution is 4.73. The van der Waals surface area contributed by atoms with Gasteiger partial charge in [-0.2, -0.15) is 0 Å². The molecule has 78 valence electrons. The molecule has 0 saturated heterocycles. The normalized spacial score (nSPS) is 17.3. The molecular weight excluding hydrogens is 158 g/mol. The second-order valence-electron chi connectivity index (χ2n) is 5.07. The molecule has 0 amide bonds. The maximum Gasteiger partial charge on any atom is -0.00194 e. The predicted octanol–water partition coefficient (Wildman–Crippen LogP) is 3.15. The molecule has 1 aliphatic rings. The summed E-state index contributed by atoms with van der Waals surface area (Å²) in [4.78, 5) is 2.49. The molecule has 1 heteroatoms. The van der Waals surface area contributed by atoms with Crippen LogP contribution in [-0.4, -0.2) is 25.0 Å². The lowest BCUT2D eigenvalue weighted by Crippen LogP contribution is -2.22. The van der Waals surface area contributed by atoms with Gasteiger partial charge in [-0.1, -0.05) is 26.7 Å². The summed E-state index contributed by atoms with van der Waals surface area (Å²) >= 11 is 0. The Labute approximate surface area is 83.5 Å². The van der Waals surface area contributed by atoms with Crippen LogP contribution in [0.25, 0.3) is 0 Å². The van der Waals surface area contributed by atoms with Gasteiger partial charge >= 0.3 is 0 Å². The van der Waals surface area contributed by atoms with Crippen molar-refractivity contribution in [2.24, 2.45) is 11.8 Å². The number of hydrogen-bond acceptors (Lipinski definition) is 1. The van der Waals surface area contributed by atoms with Gasteiger partial charge in [0, 0.05) is 0 Å². The van der Waals surface area contributed by atoms with Gasteiger partial charge in [-0.25, -0.2) is 0 Å². The van der Waals surface area contributed by atoms with Crippen molar-refractivity contribution in [1.29, 1.82) is 0 Å². The first kappa shape index (κ1) is 11.0. The number of hydrogen-bond donors (Lipinski definition) is 0. The molecule has 1 aliphatic carbocycles. The minimum atomic E-state index is 0.853. The van der Waals surface area contributed by atoms with Crippen LogP contribution in [0.2, 0.25) is 0 Å². The van der Waals surface area contributed by atoms with Gasteiger partial charge in [-0.05, 0) is 51.2 Å². The third-order valence-electron chi connectivity index (χ3n) is 2.94. The summed E-state index contributed by atoms with van der Waals surface area (Å²) in [7, 11) is 2.26. The fraction of sp³-hybridized carbons (Fsp3) is 1.00. The van der Waals surface area contributed by atoms with Gasteiger partial charge in [0.25, 0.3) is 0 Å². The molecule has 1 rings (SSSR count). The van der Waals surface area contributed by atoms with Gasteiger partial charge in [0.1, 0.15) is 0 Å². The lowest BCUT2D eigenvalue weighted by atomic mass is 10.1. The summed E-state index contributed by atoms with van der Waals surface area (Å²) in [6.07, 6.45) is 7.26. The van der Waals surface area contributed by atoms with Crippen LogP contribution in [0.15, 0.2) is 0 Å². The van der Waals surface area contributed by atoms with Gasteiger partial charge in [-0.15, -0.1) is 0 Å². The quantitative estimate of drug-likeness (QED) is 0.586. The van der Waals surface area contributed by atoms with E-state index in [9.17, 15) is 0 Å². The standard InChI is InChI=1S/C12H25N/c1-11(2)8-10-13(3)9-4-5-12-6-7-12/h11-12H,4-10H2,1-3H3. The molecule has 0 aromatic carbocycles. The molecule has 0 atom stereocenters. The molecule has 1 nitrogen and oxygen atoms in total. The van der Waals surface area contributed by atoms with Gasteiger partial charge in [-0.3, -0.25) is 0 Å². The Morgan fingerprint density at radius 3 is 2.46 bits per heavy atom. The first-order valence-electron chi connectivity index (χ1n) is 5.87. The Morgan fingerprint density at radius 1 is 1.23 bits per heavy atom. The summed E-state index contributed by atoms with van der Waals surface area (Å²) in [6, 6.07) is 0. The van der Waals surface area contributed by atoms with E-state index in [0.717, 1.165) is 11.8 Å². The lowest BCUT2D eigenvalue weighted by Gasteiger charge is -2.17. The van der Waals surface area contributed by atoms with Crippen LogP contribution in [0.3, 0.4) is 0 Å². The molecule has 1 saturated carbocycles. The summed E-state index contributed by atoms with van der Waals surface area (Å²) in [6.45, 7) is 7.20. The molecule has 0 N–H and O–H groups in total. The van der Waals surface area contributed by atoms with Crippen molar-refractivity contribution < 1.29 is 0 Å². The Kier molecular flexibility index (Phi) is 4.79. The zero-order valence-corrected chi connectivity index (χ0v) is 9.55. The van der Waals surface area contributed by atoms with E-state index in [1.165, 1.54) is 45.2 Å². The third-order valence-corrected chi connectivity index (χ3v) is 2.94. The molecular formula is C12H25N. The van der Waals surface area contributed by atoms with E-state index >= 15 is 0 Å². The highest BCUT2D eigenvalue weighted by Gasteiger charge is 2.20. The largest absolute Gasteiger partial charge is 0.306 e. The van der Waals surface area contributed by atoms with Crippen LogP contribution in [0.4, 0.5) is 0 Å². The zero-order chi connectivity index (χ0) is 9.68. The van der Waals surface area contributed by atoms with Crippen LogP contribution in [0.1, 0.15) is 46.0 Å². The molecule has 0 unspecified atom stereocenters. The molecule has 1 fully saturated rings. The molecule has 0 aromatic heterocycles. The van der Waals surface area contributed by atoms with E-state index in [0.29, 0.717) is 0 Å². The lowest BCUT2D eigenvalue weighted by molar-refractivity contribution is 0.302. The van der Waals surface area contributed by atoms with Crippen LogP contribution >= 0.6 is 0 Å². The highest BCUT2D eigenvalue weighted by Crippen LogP contribution is 2.33. The van der Waals surface area contributed by atoms with Crippen LogP contribution < -0.4 is 0 Å². The smallest absolute Gasteiger partial charge is 0.00194 e. The third kappa shape index (κ3) is 6.09. The second-order valence-corrected chi connectivity index (χ2v) is 5.07. The van der Waals surface area contributed by atoms with E-state index in [1.54, 1.807) is 0 Å². The Bertz CT molecular complexity index is 127. The van der Waals surface area contributed by atoms with E-state index in [4.69, 9.17) is 0 Å². The van der Waals surface area contributed by atoms with E-state index in [-0.39, 0.29) is 0 Å².